The first-order valence-electron chi connectivity index (χ1n) is 4.41. The van der Waals surface area contributed by atoms with Gasteiger partial charge in [0.2, 0.25) is 10.5 Å². The molecule has 0 bridgehead atoms. The van der Waals surface area contributed by atoms with E-state index in [1.807, 2.05) is 12.1 Å². The number of anilines is 1. The summed E-state index contributed by atoms with van der Waals surface area (Å²) in [5.74, 6) is 0. The Labute approximate surface area is 81.6 Å². The third-order valence-electron chi connectivity index (χ3n) is 2.23. The zero-order valence-electron chi connectivity index (χ0n) is 7.87. The van der Waals surface area contributed by atoms with Gasteiger partial charge in [-0.1, -0.05) is 11.3 Å². The maximum Gasteiger partial charge on any atom is 0.235 e. The van der Waals surface area contributed by atoms with Gasteiger partial charge in [-0.3, -0.25) is 0 Å². The van der Waals surface area contributed by atoms with Gasteiger partial charge in [0.15, 0.2) is 0 Å². The van der Waals surface area contributed by atoms with Crippen molar-refractivity contribution in [3.05, 3.63) is 23.2 Å². The molecule has 13 heavy (non-hydrogen) atoms. The molecule has 0 aliphatic heterocycles. The molecule has 1 aromatic heterocycles. The Morgan fingerprint density at radius 2 is 2.23 bits per heavy atom. The number of rotatable bonds is 1. The van der Waals surface area contributed by atoms with Crippen molar-refractivity contribution in [2.24, 2.45) is 0 Å². The number of aromatic nitrogens is 1. The Kier molecular flexibility index (Phi) is 1.96. The molecule has 1 heterocycles. The zero-order chi connectivity index (χ0) is 9.42. The lowest BCUT2D eigenvalue weighted by Gasteiger charge is -1.91. The number of nitrogens with two attached hydrogens (primary N) is 1. The second-order valence-corrected chi connectivity index (χ2v) is 4.33. The van der Waals surface area contributed by atoms with Crippen LogP contribution in [0.4, 0.5) is 5.69 Å². The van der Waals surface area contributed by atoms with Crippen LogP contribution in [0.1, 0.15) is 11.9 Å². The molecule has 0 saturated carbocycles. The molecular weight excluding hydrogens is 180 g/mol. The van der Waals surface area contributed by atoms with Gasteiger partial charge >= 0.3 is 0 Å². The van der Waals surface area contributed by atoms with Crippen molar-refractivity contribution in [1.29, 1.82) is 0 Å². The summed E-state index contributed by atoms with van der Waals surface area (Å²) in [6, 6.07) is 6.09. The van der Waals surface area contributed by atoms with Crippen LogP contribution in [0, 0.1) is 6.92 Å². The quantitative estimate of drug-likeness (QED) is 0.545. The van der Waals surface area contributed by atoms with Gasteiger partial charge in [-0.2, -0.15) is 4.57 Å². The van der Waals surface area contributed by atoms with Gasteiger partial charge < -0.3 is 5.73 Å². The van der Waals surface area contributed by atoms with Crippen molar-refractivity contribution in [3.8, 4) is 0 Å². The van der Waals surface area contributed by atoms with Crippen molar-refractivity contribution in [1.82, 2.24) is 0 Å². The number of nitrogens with zero attached hydrogens (tertiary/aromatic N) is 1. The molecule has 0 saturated heterocycles. The van der Waals surface area contributed by atoms with Crippen molar-refractivity contribution < 1.29 is 4.57 Å². The van der Waals surface area contributed by atoms with E-state index >= 15 is 0 Å². The van der Waals surface area contributed by atoms with Gasteiger partial charge in [0.25, 0.3) is 0 Å². The topological polar surface area (TPSA) is 29.9 Å². The molecule has 1 aromatic carbocycles. The van der Waals surface area contributed by atoms with Crippen LogP contribution in [0.25, 0.3) is 10.2 Å². The molecule has 0 atom stereocenters. The van der Waals surface area contributed by atoms with Gasteiger partial charge in [-0.05, 0) is 19.1 Å². The van der Waals surface area contributed by atoms with Gasteiger partial charge in [0.1, 0.15) is 11.2 Å². The average Bonchev–Trinajstić information content (AvgIpc) is 2.39. The number of thiazole rings is 1. The van der Waals surface area contributed by atoms with E-state index in [4.69, 9.17) is 5.73 Å². The first-order chi connectivity index (χ1) is 6.22. The molecule has 2 rings (SSSR count). The summed E-state index contributed by atoms with van der Waals surface area (Å²) in [5.41, 5.74) is 7.86. The second-order valence-electron chi connectivity index (χ2n) is 3.09. The summed E-state index contributed by atoms with van der Waals surface area (Å²) in [4.78, 5) is 0. The third-order valence-corrected chi connectivity index (χ3v) is 3.29. The molecule has 0 unspecified atom stereocenters. The SMILES string of the molecule is CC[n+]1c(C)sc2cc(N)ccc21. The van der Waals surface area contributed by atoms with Crippen LogP contribution < -0.4 is 10.3 Å². The standard InChI is InChI=1S/C10H13N2S/c1-3-12-7(2)13-10-6-8(11)4-5-9(10)12/h4-6H,3,11H2,1-2H3/q+1. The number of aryl methyl sites for hydroxylation is 2. The Bertz CT molecular complexity index is 445. The molecule has 0 aliphatic carbocycles. The number of nitrogen functional groups attached to an aromatic ring is 1. The first kappa shape index (κ1) is 8.51. The molecule has 68 valence electrons. The van der Waals surface area contributed by atoms with Gasteiger partial charge in [0, 0.05) is 18.7 Å². The lowest BCUT2D eigenvalue weighted by molar-refractivity contribution is -0.669. The highest BCUT2D eigenvalue weighted by Crippen LogP contribution is 2.21. The fourth-order valence-corrected chi connectivity index (χ4v) is 2.75. The predicted octanol–water partition coefficient (Wildman–Crippen LogP) is 2.10. The van der Waals surface area contributed by atoms with E-state index in [9.17, 15) is 0 Å². The minimum Gasteiger partial charge on any atom is -0.399 e. The first-order valence-corrected chi connectivity index (χ1v) is 5.22. The summed E-state index contributed by atoms with van der Waals surface area (Å²) in [6.07, 6.45) is 0. The van der Waals surface area contributed by atoms with Gasteiger partial charge in [0.05, 0.1) is 0 Å². The van der Waals surface area contributed by atoms with E-state index in [0.29, 0.717) is 0 Å². The van der Waals surface area contributed by atoms with E-state index in [2.05, 4.69) is 24.5 Å². The molecular formula is C10H13N2S+. The highest BCUT2D eigenvalue weighted by atomic mass is 32.1. The molecule has 3 heteroatoms. The maximum atomic E-state index is 5.72. The third kappa shape index (κ3) is 1.29. The number of fused-ring (bicyclic) bond motifs is 1. The average molecular weight is 193 g/mol. The summed E-state index contributed by atoms with van der Waals surface area (Å²) < 4.78 is 3.58. The van der Waals surface area contributed by atoms with E-state index in [1.165, 1.54) is 15.2 Å². The number of benzene rings is 1. The van der Waals surface area contributed by atoms with Crippen molar-refractivity contribution in [3.63, 3.8) is 0 Å². The van der Waals surface area contributed by atoms with Crippen LogP contribution >= 0.6 is 11.3 Å². The van der Waals surface area contributed by atoms with E-state index < -0.39 is 0 Å². The predicted molar refractivity (Wildman–Crippen MR) is 56.8 cm³/mol. The zero-order valence-corrected chi connectivity index (χ0v) is 8.69. The molecule has 2 N–H and O–H groups in total. The molecule has 0 radical (unpaired) electrons. The second kappa shape index (κ2) is 3.00. The summed E-state index contributed by atoms with van der Waals surface area (Å²) in [5, 5.41) is 1.34. The molecule has 0 fully saturated rings. The molecule has 2 nitrogen and oxygen atoms in total. The Morgan fingerprint density at radius 3 is 2.92 bits per heavy atom. The number of hydrogen-bond donors (Lipinski definition) is 1. The van der Waals surface area contributed by atoms with Crippen molar-refractivity contribution in [2.75, 3.05) is 5.73 Å². The van der Waals surface area contributed by atoms with E-state index in [0.717, 1.165) is 12.2 Å². The summed E-state index contributed by atoms with van der Waals surface area (Å²) >= 11 is 1.80. The molecule has 0 spiro atoms. The monoisotopic (exact) mass is 193 g/mol. The molecule has 0 aliphatic rings. The Morgan fingerprint density at radius 1 is 1.46 bits per heavy atom. The Hall–Kier alpha value is -1.09. The normalized spacial score (nSPS) is 10.9. The summed E-state index contributed by atoms with van der Waals surface area (Å²) in [7, 11) is 0. The fourth-order valence-electron chi connectivity index (χ4n) is 1.61. The lowest BCUT2D eigenvalue weighted by Crippen LogP contribution is -2.33. The van der Waals surface area contributed by atoms with Crippen LogP contribution in [0.5, 0.6) is 0 Å². The smallest absolute Gasteiger partial charge is 0.235 e. The highest BCUT2D eigenvalue weighted by molar-refractivity contribution is 7.18. The van der Waals surface area contributed by atoms with E-state index in [1.54, 1.807) is 11.3 Å². The minimum atomic E-state index is 0.844. The van der Waals surface area contributed by atoms with Gasteiger partial charge in [-0.25, -0.2) is 0 Å². The van der Waals surface area contributed by atoms with E-state index in [-0.39, 0.29) is 0 Å². The molecule has 0 amide bonds. The van der Waals surface area contributed by atoms with Crippen molar-refractivity contribution >= 4 is 27.2 Å². The van der Waals surface area contributed by atoms with Crippen LogP contribution in [-0.4, -0.2) is 0 Å². The van der Waals surface area contributed by atoms with Gasteiger partial charge in [-0.15, -0.1) is 0 Å². The number of hydrogen-bond acceptors (Lipinski definition) is 2. The summed E-state index contributed by atoms with van der Waals surface area (Å²) in [6.45, 7) is 5.33. The van der Waals surface area contributed by atoms with Crippen LogP contribution in [0.2, 0.25) is 0 Å². The lowest BCUT2D eigenvalue weighted by atomic mass is 10.3. The fraction of sp³-hybridized carbons (Fsp3) is 0.300. The van der Waals surface area contributed by atoms with Crippen LogP contribution in [0.3, 0.4) is 0 Å². The maximum absolute atomic E-state index is 5.72. The largest absolute Gasteiger partial charge is 0.399 e. The van der Waals surface area contributed by atoms with Crippen LogP contribution in [-0.2, 0) is 6.54 Å². The minimum absolute atomic E-state index is 0.844. The Balaban J connectivity index is 2.79. The van der Waals surface area contributed by atoms with Crippen molar-refractivity contribution in [2.45, 2.75) is 20.4 Å². The molecule has 2 aromatic rings. The highest BCUT2D eigenvalue weighted by Gasteiger charge is 2.14. The van der Waals surface area contributed by atoms with Crippen LogP contribution in [0.15, 0.2) is 18.2 Å².